The Morgan fingerprint density at radius 3 is 2.86 bits per heavy atom. The minimum atomic E-state index is -0.367. The molecule has 146 valence electrons. The predicted molar refractivity (Wildman–Crippen MR) is 114 cm³/mol. The van der Waals surface area contributed by atoms with E-state index in [9.17, 15) is 4.79 Å². The molecule has 2 heterocycles. The minimum absolute atomic E-state index is 0.175. The summed E-state index contributed by atoms with van der Waals surface area (Å²) in [4.78, 5) is 16.4. The van der Waals surface area contributed by atoms with Gasteiger partial charge in [-0.1, -0.05) is 46.8 Å². The normalized spacial score (nSPS) is 11.7. The number of halogens is 1. The summed E-state index contributed by atoms with van der Waals surface area (Å²) < 4.78 is 6.28. The van der Waals surface area contributed by atoms with Crippen molar-refractivity contribution in [1.82, 2.24) is 15.2 Å². The molecule has 0 saturated heterocycles. The third kappa shape index (κ3) is 5.57. The molecule has 0 bridgehead atoms. The van der Waals surface area contributed by atoms with Crippen molar-refractivity contribution in [1.29, 1.82) is 0 Å². The number of hydrogen-bond donors (Lipinski definition) is 2. The Kier molecular flexibility index (Phi) is 7.07. The van der Waals surface area contributed by atoms with Gasteiger partial charge in [0, 0.05) is 6.20 Å². The molecule has 2 N–H and O–H groups in total. The summed E-state index contributed by atoms with van der Waals surface area (Å²) in [6.45, 7) is 4.31. The molecule has 10 heteroatoms. The van der Waals surface area contributed by atoms with Crippen LogP contribution in [0.25, 0.3) is 0 Å². The smallest absolute Gasteiger partial charge is 0.238 e. The molecule has 0 saturated carbocycles. The summed E-state index contributed by atoms with van der Waals surface area (Å²) in [6.07, 6.45) is 1.48. The number of thioether (sulfide) groups is 1. The van der Waals surface area contributed by atoms with Crippen LogP contribution in [0.2, 0.25) is 5.02 Å². The molecule has 0 spiro atoms. The molecule has 2 aromatic heterocycles. The Morgan fingerprint density at radius 2 is 2.11 bits per heavy atom. The van der Waals surface area contributed by atoms with Gasteiger partial charge in [0.25, 0.3) is 0 Å². The van der Waals surface area contributed by atoms with Crippen molar-refractivity contribution >= 4 is 57.2 Å². The lowest BCUT2D eigenvalue weighted by molar-refractivity contribution is -0.115. The number of hydrogen-bond acceptors (Lipinski definition) is 8. The van der Waals surface area contributed by atoms with Gasteiger partial charge in [0.2, 0.25) is 11.0 Å². The molecular weight excluding hydrogens is 418 g/mol. The van der Waals surface area contributed by atoms with E-state index in [0.717, 1.165) is 11.4 Å². The zero-order valence-electron chi connectivity index (χ0n) is 15.2. The van der Waals surface area contributed by atoms with Crippen molar-refractivity contribution in [3.63, 3.8) is 0 Å². The third-order valence-corrected chi connectivity index (χ3v) is 5.71. The highest BCUT2D eigenvalue weighted by atomic mass is 35.5. The van der Waals surface area contributed by atoms with Crippen molar-refractivity contribution < 1.29 is 9.53 Å². The largest absolute Gasteiger partial charge is 0.492 e. The second kappa shape index (κ2) is 9.72. The van der Waals surface area contributed by atoms with Crippen molar-refractivity contribution in [3.05, 3.63) is 47.6 Å². The van der Waals surface area contributed by atoms with Gasteiger partial charge >= 0.3 is 0 Å². The fourth-order valence-electron chi connectivity index (χ4n) is 2.16. The third-order valence-electron chi connectivity index (χ3n) is 3.46. The van der Waals surface area contributed by atoms with Gasteiger partial charge < -0.3 is 15.4 Å². The van der Waals surface area contributed by atoms with Crippen LogP contribution in [0.3, 0.4) is 0 Å². The van der Waals surface area contributed by atoms with E-state index in [1.54, 1.807) is 19.1 Å². The molecule has 3 rings (SSSR count). The van der Waals surface area contributed by atoms with Crippen LogP contribution < -0.4 is 15.4 Å². The standard InChI is InChI=1S/C18H18ClN5O2S2/c1-3-26-14-7-5-4-6-13(14)21-17-23-24-18(28-17)27-11(2)16(25)22-15-9-8-12(19)10-20-15/h4-11H,3H2,1-2H3,(H,21,23)(H,20,22,25)/t11-/m1/s1. The van der Waals surface area contributed by atoms with Crippen LogP contribution in [0.5, 0.6) is 5.75 Å². The molecule has 1 atom stereocenters. The molecule has 0 aliphatic rings. The lowest BCUT2D eigenvalue weighted by Crippen LogP contribution is -2.22. The van der Waals surface area contributed by atoms with E-state index in [1.807, 2.05) is 31.2 Å². The van der Waals surface area contributed by atoms with Crippen LogP contribution in [0.1, 0.15) is 13.8 Å². The van der Waals surface area contributed by atoms with E-state index in [0.29, 0.717) is 26.9 Å². The highest BCUT2D eigenvalue weighted by Gasteiger charge is 2.18. The molecule has 28 heavy (non-hydrogen) atoms. The lowest BCUT2D eigenvalue weighted by Gasteiger charge is -2.10. The number of rotatable bonds is 8. The number of pyridine rings is 1. The maximum Gasteiger partial charge on any atom is 0.238 e. The molecule has 3 aromatic rings. The topological polar surface area (TPSA) is 89.0 Å². The van der Waals surface area contributed by atoms with Gasteiger partial charge in [-0.05, 0) is 38.1 Å². The first-order valence-electron chi connectivity index (χ1n) is 8.46. The molecule has 0 unspecified atom stereocenters. The summed E-state index contributed by atoms with van der Waals surface area (Å²) in [5, 5.41) is 15.0. The second-order valence-electron chi connectivity index (χ2n) is 5.54. The number of amides is 1. The van der Waals surface area contributed by atoms with E-state index >= 15 is 0 Å². The maximum absolute atomic E-state index is 12.3. The fourth-order valence-corrected chi connectivity index (χ4v) is 4.18. The number of nitrogens with one attached hydrogen (secondary N) is 2. The maximum atomic E-state index is 12.3. The Bertz CT molecular complexity index is 936. The van der Waals surface area contributed by atoms with E-state index in [1.165, 1.54) is 29.3 Å². The van der Waals surface area contributed by atoms with E-state index in [2.05, 4.69) is 25.8 Å². The minimum Gasteiger partial charge on any atom is -0.492 e. The van der Waals surface area contributed by atoms with Crippen LogP contribution in [0.15, 0.2) is 46.9 Å². The summed E-state index contributed by atoms with van der Waals surface area (Å²) in [5.74, 6) is 1.03. The Hall–Kier alpha value is -2.36. The monoisotopic (exact) mass is 435 g/mol. The number of carbonyl (C=O) groups is 1. The number of aromatic nitrogens is 3. The molecule has 0 aliphatic heterocycles. The molecule has 1 amide bonds. The van der Waals surface area contributed by atoms with Crippen LogP contribution in [-0.4, -0.2) is 32.9 Å². The van der Waals surface area contributed by atoms with Crippen LogP contribution in [0.4, 0.5) is 16.6 Å². The van der Waals surface area contributed by atoms with Gasteiger partial charge in [0.05, 0.1) is 22.6 Å². The number of nitrogens with zero attached hydrogens (tertiary/aromatic N) is 3. The van der Waals surface area contributed by atoms with Crippen molar-refractivity contribution in [2.45, 2.75) is 23.4 Å². The quantitative estimate of drug-likeness (QED) is 0.489. The van der Waals surface area contributed by atoms with Gasteiger partial charge in [0.1, 0.15) is 11.6 Å². The second-order valence-corrected chi connectivity index (χ2v) is 8.54. The van der Waals surface area contributed by atoms with Crippen molar-refractivity contribution in [2.75, 3.05) is 17.2 Å². The van der Waals surface area contributed by atoms with Gasteiger partial charge in [-0.3, -0.25) is 4.79 Å². The highest BCUT2D eigenvalue weighted by molar-refractivity contribution is 8.02. The predicted octanol–water partition coefficient (Wildman–Crippen LogP) is 4.85. The van der Waals surface area contributed by atoms with Crippen molar-refractivity contribution in [2.24, 2.45) is 0 Å². The SMILES string of the molecule is CCOc1ccccc1Nc1nnc(S[C@H](C)C(=O)Nc2ccc(Cl)cn2)s1. The van der Waals surface area contributed by atoms with E-state index in [-0.39, 0.29) is 11.2 Å². The first-order valence-corrected chi connectivity index (χ1v) is 10.5. The van der Waals surface area contributed by atoms with Crippen molar-refractivity contribution in [3.8, 4) is 5.75 Å². The van der Waals surface area contributed by atoms with Crippen LogP contribution in [-0.2, 0) is 4.79 Å². The molecule has 7 nitrogen and oxygen atoms in total. The molecule has 0 radical (unpaired) electrons. The van der Waals surface area contributed by atoms with Gasteiger partial charge in [-0.15, -0.1) is 10.2 Å². The summed E-state index contributed by atoms with van der Waals surface area (Å²) in [6, 6.07) is 10.9. The average molecular weight is 436 g/mol. The summed E-state index contributed by atoms with van der Waals surface area (Å²) in [7, 11) is 0. The Morgan fingerprint density at radius 1 is 1.29 bits per heavy atom. The van der Waals surface area contributed by atoms with E-state index < -0.39 is 0 Å². The molecule has 0 fully saturated rings. The highest BCUT2D eigenvalue weighted by Crippen LogP contribution is 2.33. The number of benzene rings is 1. The first kappa shape index (κ1) is 20.4. The van der Waals surface area contributed by atoms with E-state index in [4.69, 9.17) is 16.3 Å². The average Bonchev–Trinajstić information content (AvgIpc) is 3.12. The Balaban J connectivity index is 1.59. The lowest BCUT2D eigenvalue weighted by atomic mass is 10.3. The van der Waals surface area contributed by atoms with Gasteiger partial charge in [-0.2, -0.15) is 0 Å². The number of para-hydroxylation sites is 2. The summed E-state index contributed by atoms with van der Waals surface area (Å²) >= 11 is 8.50. The first-order chi connectivity index (χ1) is 13.5. The zero-order chi connectivity index (χ0) is 19.9. The Labute approximate surface area is 175 Å². The number of anilines is 3. The molecule has 0 aliphatic carbocycles. The van der Waals surface area contributed by atoms with Crippen LogP contribution in [0, 0.1) is 0 Å². The fraction of sp³-hybridized carbons (Fsp3) is 0.222. The molecular formula is C18H18ClN5O2S2. The number of carbonyl (C=O) groups excluding carboxylic acids is 1. The zero-order valence-corrected chi connectivity index (χ0v) is 17.6. The van der Waals surface area contributed by atoms with Gasteiger partial charge in [0.15, 0.2) is 4.34 Å². The summed E-state index contributed by atoms with van der Waals surface area (Å²) in [5.41, 5.74) is 0.816. The van der Waals surface area contributed by atoms with Crippen LogP contribution >= 0.6 is 34.7 Å². The number of ether oxygens (including phenoxy) is 1. The van der Waals surface area contributed by atoms with Gasteiger partial charge in [-0.25, -0.2) is 4.98 Å². The molecule has 1 aromatic carbocycles.